The molecule has 1 aliphatic heterocycles. The summed E-state index contributed by atoms with van der Waals surface area (Å²) in [6.07, 6.45) is 0.272. The van der Waals surface area contributed by atoms with Gasteiger partial charge in [-0.25, -0.2) is 4.79 Å². The molecule has 1 saturated heterocycles. The Bertz CT molecular complexity index is 847. The first-order valence-corrected chi connectivity index (χ1v) is 8.75. The molecule has 1 fully saturated rings. The summed E-state index contributed by atoms with van der Waals surface area (Å²) in [4.78, 5) is 38.6. The third-order valence-corrected chi connectivity index (χ3v) is 4.52. The molecule has 26 heavy (non-hydrogen) atoms. The van der Waals surface area contributed by atoms with Gasteiger partial charge in [0.25, 0.3) is 0 Å². The van der Waals surface area contributed by atoms with Gasteiger partial charge in [0.2, 0.25) is 11.7 Å². The third-order valence-electron chi connectivity index (χ3n) is 4.27. The van der Waals surface area contributed by atoms with Crippen molar-refractivity contribution >= 4 is 34.9 Å². The van der Waals surface area contributed by atoms with E-state index >= 15 is 0 Å². The molecular formula is C20H18ClNO4. The molecule has 1 amide bonds. The largest absolute Gasteiger partial charge is 0.451 e. The molecule has 0 saturated carbocycles. The monoisotopic (exact) mass is 371 g/mol. The number of halogens is 1. The molecule has 0 unspecified atom stereocenters. The van der Waals surface area contributed by atoms with Gasteiger partial charge in [0.1, 0.15) is 0 Å². The maximum Gasteiger partial charge on any atom is 0.340 e. The number of para-hydroxylation sites is 1. The second-order valence-electron chi connectivity index (χ2n) is 6.08. The van der Waals surface area contributed by atoms with Gasteiger partial charge in [0.05, 0.1) is 11.3 Å². The number of ketones is 1. The van der Waals surface area contributed by atoms with E-state index in [1.807, 2.05) is 0 Å². The number of hydrogen-bond acceptors (Lipinski definition) is 4. The van der Waals surface area contributed by atoms with Crippen LogP contribution < -0.4 is 4.90 Å². The third kappa shape index (κ3) is 3.78. The van der Waals surface area contributed by atoms with Gasteiger partial charge in [-0.2, -0.15) is 0 Å². The molecule has 0 aliphatic carbocycles. The van der Waals surface area contributed by atoms with Crippen LogP contribution in [-0.2, 0) is 9.53 Å². The van der Waals surface area contributed by atoms with E-state index in [0.29, 0.717) is 29.2 Å². The fraction of sp³-hybridized carbons (Fsp3) is 0.250. The molecule has 134 valence electrons. The van der Waals surface area contributed by atoms with Crippen LogP contribution in [0.2, 0.25) is 5.02 Å². The molecular weight excluding hydrogens is 354 g/mol. The lowest BCUT2D eigenvalue weighted by atomic mass is 10.1. The van der Waals surface area contributed by atoms with Crippen molar-refractivity contribution < 1.29 is 19.1 Å². The molecule has 2 aromatic rings. The van der Waals surface area contributed by atoms with E-state index < -0.39 is 12.1 Å². The van der Waals surface area contributed by atoms with Crippen molar-refractivity contribution in [3.05, 3.63) is 64.7 Å². The van der Waals surface area contributed by atoms with Crippen LogP contribution in [0.25, 0.3) is 0 Å². The standard InChI is InChI=1S/C20H18ClNO4/c1-13(19(24)14-8-10-15(21)11-9-14)26-20(25)16-5-2-3-6-17(16)22-12-4-7-18(22)23/h2-3,5-6,8-11,13H,4,7,12H2,1H3/t13-/m1/s1. The number of carbonyl (C=O) groups excluding carboxylic acids is 3. The Balaban J connectivity index is 1.77. The number of anilines is 1. The Hall–Kier alpha value is -2.66. The molecule has 0 N–H and O–H groups in total. The van der Waals surface area contributed by atoms with E-state index in [1.54, 1.807) is 53.4 Å². The number of nitrogens with zero attached hydrogens (tertiary/aromatic N) is 1. The summed E-state index contributed by atoms with van der Waals surface area (Å²) in [5, 5.41) is 0.524. The predicted molar refractivity (Wildman–Crippen MR) is 98.7 cm³/mol. The molecule has 2 aromatic carbocycles. The van der Waals surface area contributed by atoms with Crippen LogP contribution in [0.1, 0.15) is 40.5 Å². The molecule has 3 rings (SSSR count). The van der Waals surface area contributed by atoms with Crippen molar-refractivity contribution in [3.8, 4) is 0 Å². The summed E-state index contributed by atoms with van der Waals surface area (Å²) >= 11 is 5.82. The highest BCUT2D eigenvalue weighted by atomic mass is 35.5. The van der Waals surface area contributed by atoms with Crippen LogP contribution in [0.3, 0.4) is 0 Å². The highest BCUT2D eigenvalue weighted by Gasteiger charge is 2.27. The second-order valence-corrected chi connectivity index (χ2v) is 6.52. The smallest absolute Gasteiger partial charge is 0.340 e. The first-order chi connectivity index (χ1) is 12.5. The normalized spacial score (nSPS) is 15.0. The molecule has 0 aromatic heterocycles. The number of benzene rings is 2. The van der Waals surface area contributed by atoms with Crippen molar-refractivity contribution in [3.63, 3.8) is 0 Å². The Labute approximate surface area is 156 Å². The first kappa shape index (κ1) is 18.1. The first-order valence-electron chi connectivity index (χ1n) is 8.37. The number of carbonyl (C=O) groups is 3. The van der Waals surface area contributed by atoms with E-state index in [0.717, 1.165) is 6.42 Å². The maximum atomic E-state index is 12.6. The number of amides is 1. The number of hydrogen-bond donors (Lipinski definition) is 0. The van der Waals surface area contributed by atoms with Gasteiger partial charge >= 0.3 is 5.97 Å². The SMILES string of the molecule is C[C@@H](OC(=O)c1ccccc1N1CCCC1=O)C(=O)c1ccc(Cl)cc1. The van der Waals surface area contributed by atoms with Gasteiger partial charge in [-0.05, 0) is 49.7 Å². The lowest BCUT2D eigenvalue weighted by Crippen LogP contribution is -2.28. The maximum absolute atomic E-state index is 12.6. The Kier molecular flexibility index (Phi) is 5.38. The van der Waals surface area contributed by atoms with Crippen LogP contribution in [0.4, 0.5) is 5.69 Å². The van der Waals surface area contributed by atoms with Gasteiger partial charge in [0, 0.05) is 23.6 Å². The zero-order valence-corrected chi connectivity index (χ0v) is 15.0. The van der Waals surface area contributed by atoms with Crippen molar-refractivity contribution in [2.75, 3.05) is 11.4 Å². The average Bonchev–Trinajstić information content (AvgIpc) is 3.07. The van der Waals surface area contributed by atoms with Gasteiger partial charge in [-0.3, -0.25) is 9.59 Å². The van der Waals surface area contributed by atoms with Crippen LogP contribution in [-0.4, -0.2) is 30.3 Å². The van der Waals surface area contributed by atoms with Crippen LogP contribution in [0, 0.1) is 0 Å². The molecule has 0 radical (unpaired) electrons. The summed E-state index contributed by atoms with van der Waals surface area (Å²) in [5.41, 5.74) is 1.21. The van der Waals surface area contributed by atoms with E-state index in [9.17, 15) is 14.4 Å². The quantitative estimate of drug-likeness (QED) is 0.590. The van der Waals surface area contributed by atoms with Crippen LogP contribution in [0.5, 0.6) is 0 Å². The average molecular weight is 372 g/mol. The summed E-state index contributed by atoms with van der Waals surface area (Å²) in [5.74, 6) is -0.963. The Morgan fingerprint density at radius 3 is 2.46 bits per heavy atom. The fourth-order valence-corrected chi connectivity index (χ4v) is 3.04. The molecule has 0 bridgehead atoms. The minimum absolute atomic E-state index is 0.0180. The molecule has 1 heterocycles. The lowest BCUT2D eigenvalue weighted by Gasteiger charge is -2.20. The van der Waals surface area contributed by atoms with Gasteiger partial charge < -0.3 is 9.64 Å². The summed E-state index contributed by atoms with van der Waals surface area (Å²) in [7, 11) is 0. The Morgan fingerprint density at radius 1 is 1.12 bits per heavy atom. The van der Waals surface area contributed by atoms with Crippen molar-refractivity contribution in [1.29, 1.82) is 0 Å². The molecule has 1 aliphatic rings. The molecule has 5 nitrogen and oxygen atoms in total. The van der Waals surface area contributed by atoms with Gasteiger partial charge in [-0.15, -0.1) is 0 Å². The number of Topliss-reactive ketones (excluding diaryl/α,β-unsaturated/α-hetero) is 1. The molecule has 6 heteroatoms. The van der Waals surface area contributed by atoms with Crippen molar-refractivity contribution in [2.45, 2.75) is 25.9 Å². The minimum Gasteiger partial charge on any atom is -0.451 e. The zero-order chi connectivity index (χ0) is 18.7. The number of rotatable bonds is 5. The zero-order valence-electron chi connectivity index (χ0n) is 14.3. The van der Waals surface area contributed by atoms with Crippen LogP contribution in [0.15, 0.2) is 48.5 Å². The lowest BCUT2D eigenvalue weighted by molar-refractivity contribution is -0.117. The topological polar surface area (TPSA) is 63.7 Å². The molecule has 0 spiro atoms. The van der Waals surface area contributed by atoms with Gasteiger partial charge in [0.15, 0.2) is 6.10 Å². The Morgan fingerprint density at radius 2 is 1.81 bits per heavy atom. The van der Waals surface area contributed by atoms with Crippen LogP contribution >= 0.6 is 11.6 Å². The predicted octanol–water partition coefficient (Wildman–Crippen LogP) is 3.90. The van der Waals surface area contributed by atoms with Gasteiger partial charge in [-0.1, -0.05) is 23.7 Å². The van der Waals surface area contributed by atoms with E-state index in [4.69, 9.17) is 16.3 Å². The van der Waals surface area contributed by atoms with E-state index in [-0.39, 0.29) is 17.3 Å². The summed E-state index contributed by atoms with van der Waals surface area (Å²) in [6, 6.07) is 13.2. The van der Waals surface area contributed by atoms with E-state index in [1.165, 1.54) is 6.92 Å². The summed E-state index contributed by atoms with van der Waals surface area (Å²) < 4.78 is 5.36. The fourth-order valence-electron chi connectivity index (χ4n) is 2.91. The minimum atomic E-state index is -0.953. The number of ether oxygens (including phenoxy) is 1. The van der Waals surface area contributed by atoms with E-state index in [2.05, 4.69) is 0 Å². The highest BCUT2D eigenvalue weighted by molar-refractivity contribution is 6.30. The van der Waals surface area contributed by atoms with Crippen molar-refractivity contribution in [2.24, 2.45) is 0 Å². The number of esters is 1. The molecule has 1 atom stereocenters. The highest BCUT2D eigenvalue weighted by Crippen LogP contribution is 2.26. The van der Waals surface area contributed by atoms with Crippen molar-refractivity contribution in [1.82, 2.24) is 0 Å². The summed E-state index contributed by atoms with van der Waals surface area (Å²) in [6.45, 7) is 2.10. The second kappa shape index (κ2) is 7.70.